The van der Waals surface area contributed by atoms with Gasteiger partial charge in [0.1, 0.15) is 5.03 Å². The van der Waals surface area contributed by atoms with Gasteiger partial charge in [0.2, 0.25) is 0 Å². The summed E-state index contributed by atoms with van der Waals surface area (Å²) in [5.41, 5.74) is 0.745. The van der Waals surface area contributed by atoms with Gasteiger partial charge in [-0.1, -0.05) is 0 Å². The number of H-pyrrole nitrogens is 1. The second-order valence-corrected chi connectivity index (χ2v) is 4.92. The van der Waals surface area contributed by atoms with Crippen LogP contribution >= 0.6 is 27.7 Å². The van der Waals surface area contributed by atoms with Crippen LogP contribution in [0.15, 0.2) is 43.8 Å². The van der Waals surface area contributed by atoms with Crippen LogP contribution in [0.25, 0.3) is 0 Å². The fourth-order valence-electron chi connectivity index (χ4n) is 1.08. The van der Waals surface area contributed by atoms with Crippen molar-refractivity contribution >= 4 is 27.7 Å². The van der Waals surface area contributed by atoms with E-state index in [4.69, 9.17) is 0 Å². The minimum Gasteiger partial charge on any atom is -0.301 e. The smallest absolute Gasteiger partial charge is 0.251 e. The first kappa shape index (κ1) is 11.3. The molecule has 16 heavy (non-hydrogen) atoms. The maximum atomic E-state index is 11.1. The molecule has 0 spiro atoms. The highest BCUT2D eigenvalue weighted by atomic mass is 79.9. The quantitative estimate of drug-likeness (QED) is 0.865. The van der Waals surface area contributed by atoms with Crippen LogP contribution in [-0.4, -0.2) is 15.0 Å². The lowest BCUT2D eigenvalue weighted by Crippen LogP contribution is -2.05. The molecule has 0 aromatic carbocycles. The fourth-order valence-corrected chi connectivity index (χ4v) is 2.08. The highest BCUT2D eigenvalue weighted by molar-refractivity contribution is 9.10. The number of hydrogen-bond donors (Lipinski definition) is 1. The lowest BCUT2D eigenvalue weighted by molar-refractivity contribution is 0.929. The molecule has 0 fully saturated rings. The summed E-state index contributed by atoms with van der Waals surface area (Å²) in [5.74, 6) is 0. The summed E-state index contributed by atoms with van der Waals surface area (Å²) >= 11 is 4.71. The Bertz CT molecular complexity index is 570. The molecule has 2 aromatic rings. The van der Waals surface area contributed by atoms with Crippen molar-refractivity contribution in [1.29, 1.82) is 0 Å². The summed E-state index contributed by atoms with van der Waals surface area (Å²) < 4.78 is 0.964. The van der Waals surface area contributed by atoms with Gasteiger partial charge in [-0.25, -0.2) is 9.97 Å². The Labute approximate surface area is 105 Å². The number of hydrogen-bond acceptors (Lipinski definition) is 4. The third-order valence-corrected chi connectivity index (χ3v) is 3.52. The lowest BCUT2D eigenvalue weighted by Gasteiger charge is -2.01. The molecule has 0 bridgehead atoms. The Morgan fingerprint density at radius 1 is 1.38 bits per heavy atom. The van der Waals surface area contributed by atoms with Crippen molar-refractivity contribution in [1.82, 2.24) is 15.0 Å². The number of rotatable bonds is 2. The molecule has 82 valence electrons. The molecule has 0 aliphatic heterocycles. The summed E-state index contributed by atoms with van der Waals surface area (Å²) in [4.78, 5) is 22.1. The predicted molar refractivity (Wildman–Crippen MR) is 65.7 cm³/mol. The molecule has 0 atom stereocenters. The molecule has 0 aliphatic rings. The molecule has 6 heteroatoms. The molecule has 0 saturated heterocycles. The molecule has 0 amide bonds. The van der Waals surface area contributed by atoms with E-state index in [0.29, 0.717) is 5.16 Å². The maximum absolute atomic E-state index is 11.1. The number of nitrogens with zero attached hydrogens (tertiary/aromatic N) is 2. The molecular formula is C10H8BrN3OS. The summed E-state index contributed by atoms with van der Waals surface area (Å²) in [6.45, 7) is 1.91. The molecule has 0 radical (unpaired) electrons. The fraction of sp³-hybridized carbons (Fsp3) is 0.100. The van der Waals surface area contributed by atoms with Crippen LogP contribution in [0.1, 0.15) is 5.69 Å². The first-order chi connectivity index (χ1) is 7.65. The van der Waals surface area contributed by atoms with Crippen LogP contribution in [0.3, 0.4) is 0 Å². The van der Waals surface area contributed by atoms with Crippen LogP contribution in [0.5, 0.6) is 0 Å². The van der Waals surface area contributed by atoms with E-state index in [-0.39, 0.29) is 5.56 Å². The van der Waals surface area contributed by atoms with Gasteiger partial charge < -0.3 is 4.98 Å². The van der Waals surface area contributed by atoms with Gasteiger partial charge in [-0.3, -0.25) is 4.79 Å². The van der Waals surface area contributed by atoms with E-state index in [2.05, 4.69) is 30.9 Å². The zero-order valence-corrected chi connectivity index (χ0v) is 10.8. The Hall–Kier alpha value is -1.14. The van der Waals surface area contributed by atoms with Crippen molar-refractivity contribution < 1.29 is 0 Å². The van der Waals surface area contributed by atoms with E-state index in [9.17, 15) is 4.79 Å². The molecule has 2 heterocycles. The van der Waals surface area contributed by atoms with E-state index in [1.807, 2.05) is 19.1 Å². The third-order valence-electron chi connectivity index (χ3n) is 1.84. The van der Waals surface area contributed by atoms with Crippen molar-refractivity contribution in [2.45, 2.75) is 17.1 Å². The standard InChI is InChI=1S/C10H8BrN3OS/c1-6-7(11)2-3-9(13-6)16-10-12-5-4-8(15)14-10/h2-5H,1H3,(H,12,14,15). The normalized spacial score (nSPS) is 10.4. The average Bonchev–Trinajstić information content (AvgIpc) is 2.24. The van der Waals surface area contributed by atoms with Gasteiger partial charge in [0, 0.05) is 16.7 Å². The first-order valence-electron chi connectivity index (χ1n) is 4.51. The monoisotopic (exact) mass is 297 g/mol. The molecule has 2 rings (SSSR count). The van der Waals surface area contributed by atoms with Gasteiger partial charge in [-0.15, -0.1) is 0 Å². The minimum atomic E-state index is -0.161. The minimum absolute atomic E-state index is 0.161. The number of pyridine rings is 1. The lowest BCUT2D eigenvalue weighted by atomic mass is 10.4. The van der Waals surface area contributed by atoms with Gasteiger partial charge in [0.05, 0.1) is 5.69 Å². The van der Waals surface area contributed by atoms with Crippen molar-refractivity contribution in [2.75, 3.05) is 0 Å². The number of aryl methyl sites for hydroxylation is 1. The zero-order valence-electron chi connectivity index (χ0n) is 8.40. The van der Waals surface area contributed by atoms with Crippen LogP contribution in [0, 0.1) is 6.92 Å². The highest BCUT2D eigenvalue weighted by Gasteiger charge is 2.03. The van der Waals surface area contributed by atoms with Crippen molar-refractivity contribution in [3.63, 3.8) is 0 Å². The molecule has 0 unspecified atom stereocenters. The van der Waals surface area contributed by atoms with E-state index >= 15 is 0 Å². The van der Waals surface area contributed by atoms with E-state index in [0.717, 1.165) is 15.2 Å². The number of nitrogens with one attached hydrogen (secondary N) is 1. The van der Waals surface area contributed by atoms with Gasteiger partial charge in [0.25, 0.3) is 5.56 Å². The number of aromatic nitrogens is 3. The van der Waals surface area contributed by atoms with Crippen molar-refractivity contribution in [3.05, 3.63) is 44.9 Å². The summed E-state index contributed by atoms with van der Waals surface area (Å²) in [7, 11) is 0. The van der Waals surface area contributed by atoms with Crippen LogP contribution < -0.4 is 5.56 Å². The largest absolute Gasteiger partial charge is 0.301 e. The van der Waals surface area contributed by atoms with E-state index in [1.54, 1.807) is 0 Å². The molecule has 1 N–H and O–H groups in total. The van der Waals surface area contributed by atoms with Crippen molar-refractivity contribution in [2.24, 2.45) is 0 Å². The molecule has 4 nitrogen and oxygen atoms in total. The second-order valence-electron chi connectivity index (χ2n) is 3.06. The third kappa shape index (κ3) is 2.70. The van der Waals surface area contributed by atoms with Crippen LogP contribution in [0.2, 0.25) is 0 Å². The Morgan fingerprint density at radius 3 is 2.88 bits per heavy atom. The summed E-state index contributed by atoms with van der Waals surface area (Å²) in [6, 6.07) is 5.17. The molecule has 2 aromatic heterocycles. The van der Waals surface area contributed by atoms with Gasteiger partial charge in [-0.05, 0) is 46.7 Å². The molecular weight excluding hydrogens is 290 g/mol. The van der Waals surface area contributed by atoms with Gasteiger partial charge in [0.15, 0.2) is 5.16 Å². The summed E-state index contributed by atoms with van der Waals surface area (Å²) in [6.07, 6.45) is 1.48. The molecule has 0 aliphatic carbocycles. The van der Waals surface area contributed by atoms with E-state index < -0.39 is 0 Å². The van der Waals surface area contributed by atoms with E-state index in [1.165, 1.54) is 24.0 Å². The highest BCUT2D eigenvalue weighted by Crippen LogP contribution is 2.24. The van der Waals surface area contributed by atoms with Crippen molar-refractivity contribution in [3.8, 4) is 0 Å². The first-order valence-corrected chi connectivity index (χ1v) is 6.12. The van der Waals surface area contributed by atoms with Gasteiger partial charge in [-0.2, -0.15) is 0 Å². The average molecular weight is 298 g/mol. The number of halogens is 1. The Morgan fingerprint density at radius 2 is 2.19 bits per heavy atom. The van der Waals surface area contributed by atoms with Crippen LogP contribution in [0.4, 0.5) is 0 Å². The topological polar surface area (TPSA) is 58.6 Å². The maximum Gasteiger partial charge on any atom is 0.251 e. The summed E-state index contributed by atoms with van der Waals surface area (Å²) in [5, 5.41) is 1.34. The SMILES string of the molecule is Cc1nc(Sc2nccc(=O)[nH]2)ccc1Br. The Balaban J connectivity index is 2.27. The zero-order chi connectivity index (χ0) is 11.5. The Kier molecular flexibility index (Phi) is 3.40. The predicted octanol–water partition coefficient (Wildman–Crippen LogP) is 2.39. The molecule has 0 saturated carbocycles. The van der Waals surface area contributed by atoms with Gasteiger partial charge >= 0.3 is 0 Å². The second kappa shape index (κ2) is 4.80. The number of aromatic amines is 1. The van der Waals surface area contributed by atoms with Crippen LogP contribution in [-0.2, 0) is 0 Å².